The van der Waals surface area contributed by atoms with E-state index in [9.17, 15) is 33.2 Å². The van der Waals surface area contributed by atoms with Gasteiger partial charge in [-0.3, -0.25) is 48.9 Å². The van der Waals surface area contributed by atoms with E-state index in [1.807, 2.05) is 6.07 Å². The number of imide groups is 1. The Morgan fingerprint density at radius 3 is 2.20 bits per heavy atom. The zero-order valence-electron chi connectivity index (χ0n) is 39.1. The second-order valence-corrected chi connectivity index (χ2v) is 19.5. The summed E-state index contributed by atoms with van der Waals surface area (Å²) in [5, 5.41) is 11.6. The SMILES string of the molecule is COc1cc2c(Oc3ccc(NC(=O)C4(C(=O)Nc5ccc(F)cc5)CC4)cc3)ccnc2cc1N1CCC(CN2CC3CC(C2)N3CC(=O)Nc2nccc3c2CN(C2CCC(=O)NC2=O)C3=O)CC1. The van der Waals surface area contributed by atoms with Crippen LogP contribution in [0.1, 0.15) is 60.9 Å². The van der Waals surface area contributed by atoms with E-state index in [0.717, 1.165) is 74.3 Å². The molecule has 1 aliphatic carbocycles. The lowest BCUT2D eigenvalue weighted by molar-refractivity contribution is -0.137. The van der Waals surface area contributed by atoms with E-state index in [4.69, 9.17) is 9.47 Å². The number of aromatic nitrogens is 2. The van der Waals surface area contributed by atoms with Gasteiger partial charge in [-0.05, 0) is 117 Å². The third-order valence-electron chi connectivity index (χ3n) is 15.0. The predicted octanol–water partition coefficient (Wildman–Crippen LogP) is 5.30. The minimum absolute atomic E-state index is 0.135. The second-order valence-electron chi connectivity index (χ2n) is 19.5. The molecular weight excluding hydrogens is 912 g/mol. The summed E-state index contributed by atoms with van der Waals surface area (Å²) in [4.78, 5) is 94.9. The molecule has 8 heterocycles. The first-order valence-electron chi connectivity index (χ1n) is 24.2. The van der Waals surface area contributed by atoms with E-state index in [-0.39, 0.29) is 55.7 Å². The number of benzene rings is 3. The molecule has 3 aromatic carbocycles. The van der Waals surface area contributed by atoms with Gasteiger partial charge in [-0.2, -0.15) is 0 Å². The molecule has 6 fully saturated rings. The summed E-state index contributed by atoms with van der Waals surface area (Å²) in [5.41, 5.74) is 2.49. The van der Waals surface area contributed by atoms with Crippen molar-refractivity contribution in [3.63, 3.8) is 0 Å². The molecule has 0 spiro atoms. The van der Waals surface area contributed by atoms with Crippen molar-refractivity contribution in [1.82, 2.24) is 30.0 Å². The van der Waals surface area contributed by atoms with Crippen LogP contribution in [0.3, 0.4) is 0 Å². The fraction of sp³-hybridized carbons (Fsp3) is 0.385. The van der Waals surface area contributed by atoms with Gasteiger partial charge in [0, 0.05) is 91.5 Å². The number of carbonyl (C=O) groups excluding carboxylic acids is 6. The summed E-state index contributed by atoms with van der Waals surface area (Å²) < 4.78 is 25.6. The van der Waals surface area contributed by atoms with E-state index in [0.29, 0.717) is 58.6 Å². The molecule has 6 aliphatic heterocycles. The first-order chi connectivity index (χ1) is 34.4. The molecule has 18 nitrogen and oxygen atoms in total. The summed E-state index contributed by atoms with van der Waals surface area (Å²) in [6.45, 7) is 4.90. The summed E-state index contributed by atoms with van der Waals surface area (Å²) in [6.07, 6.45) is 7.56. The number of piperidine rings is 3. The molecule has 2 bridgehead atoms. The van der Waals surface area contributed by atoms with Crippen molar-refractivity contribution in [3.05, 3.63) is 102 Å². The topological polar surface area (TPSA) is 208 Å². The Bertz CT molecular complexity index is 2950. The summed E-state index contributed by atoms with van der Waals surface area (Å²) >= 11 is 0. The van der Waals surface area contributed by atoms with Gasteiger partial charge < -0.3 is 35.2 Å². The number of nitrogens with one attached hydrogen (secondary N) is 4. The largest absolute Gasteiger partial charge is 0.495 e. The highest BCUT2D eigenvalue weighted by atomic mass is 19.1. The van der Waals surface area contributed by atoms with Gasteiger partial charge in [-0.15, -0.1) is 0 Å². The van der Waals surface area contributed by atoms with Crippen LogP contribution < -0.4 is 35.6 Å². The monoisotopic (exact) mass is 964 g/mol. The minimum atomic E-state index is -1.18. The molecule has 71 heavy (non-hydrogen) atoms. The van der Waals surface area contributed by atoms with Crippen LogP contribution in [0.15, 0.2) is 85.2 Å². The van der Waals surface area contributed by atoms with Crippen LogP contribution in [0, 0.1) is 17.2 Å². The van der Waals surface area contributed by atoms with Crippen molar-refractivity contribution >= 4 is 69.2 Å². The minimum Gasteiger partial charge on any atom is -0.495 e. The van der Waals surface area contributed by atoms with E-state index in [2.05, 4.69) is 52.0 Å². The van der Waals surface area contributed by atoms with Crippen LogP contribution in [0.4, 0.5) is 27.3 Å². The zero-order chi connectivity index (χ0) is 49.0. The number of nitrogens with zero attached hydrogens (tertiary/aromatic N) is 6. The number of pyridine rings is 2. The third kappa shape index (κ3) is 9.10. The predicted molar refractivity (Wildman–Crippen MR) is 259 cm³/mol. The maximum absolute atomic E-state index is 13.4. The summed E-state index contributed by atoms with van der Waals surface area (Å²) in [7, 11) is 1.67. The molecule has 4 N–H and O–H groups in total. The molecule has 7 aliphatic rings. The van der Waals surface area contributed by atoms with Gasteiger partial charge >= 0.3 is 0 Å². The van der Waals surface area contributed by atoms with Crippen LogP contribution in [0.2, 0.25) is 0 Å². The van der Waals surface area contributed by atoms with Gasteiger partial charge in [-0.25, -0.2) is 9.37 Å². The van der Waals surface area contributed by atoms with Gasteiger partial charge in [0.05, 0.1) is 31.4 Å². The molecule has 12 rings (SSSR count). The Hall–Kier alpha value is -7.51. The number of piperazine rings is 1. The standard InChI is InChI=1S/C52H53FN10O8/c1-70-44-23-38-40(54-19-13-43(38)71-36-8-6-33(7-9-36)57-51(69)52(16-17-52)50(68)56-32-4-2-31(53)3-5-32)24-42(44)61-20-14-30(15-21-61)25-60-26-34-22-35(27-60)62(34)29-46(65)58-47-39-28-63(49(67)37(39)12-18-55-47)41-10-11-45(64)59-48(41)66/h2-9,12-13,18-19,23-24,30,34-35,41H,10-11,14-17,20-22,25-29H2,1H3,(H,56,68)(H,57,69)(H,55,58,65)(H,59,64,66). The Labute approximate surface area is 408 Å². The molecule has 1 saturated carbocycles. The summed E-state index contributed by atoms with van der Waals surface area (Å²) in [5.74, 6) is 0.152. The highest BCUT2D eigenvalue weighted by molar-refractivity contribution is 6.17. The van der Waals surface area contributed by atoms with E-state index >= 15 is 0 Å². The lowest BCUT2D eigenvalue weighted by Crippen LogP contribution is -2.70. The van der Waals surface area contributed by atoms with Crippen LogP contribution >= 0.6 is 0 Å². The van der Waals surface area contributed by atoms with Gasteiger partial charge in [0.25, 0.3) is 5.91 Å². The fourth-order valence-electron chi connectivity index (χ4n) is 10.9. The Morgan fingerprint density at radius 1 is 0.831 bits per heavy atom. The van der Waals surface area contributed by atoms with Crippen molar-refractivity contribution < 1.29 is 42.6 Å². The number of amides is 6. The average molecular weight is 965 g/mol. The second kappa shape index (κ2) is 18.7. The number of rotatable bonds is 14. The van der Waals surface area contributed by atoms with E-state index < -0.39 is 35.0 Å². The van der Waals surface area contributed by atoms with Crippen molar-refractivity contribution in [3.8, 4) is 17.2 Å². The number of carbonyl (C=O) groups is 6. The number of fused-ring (bicyclic) bond motifs is 4. The van der Waals surface area contributed by atoms with Crippen molar-refractivity contribution in [2.75, 3.05) is 67.2 Å². The lowest BCUT2D eigenvalue weighted by atomic mass is 9.86. The van der Waals surface area contributed by atoms with E-state index in [1.165, 1.54) is 35.4 Å². The molecule has 19 heteroatoms. The average Bonchev–Trinajstić information content (AvgIpc) is 4.13. The van der Waals surface area contributed by atoms with E-state index in [1.54, 1.807) is 49.7 Å². The van der Waals surface area contributed by atoms with Crippen LogP contribution in [0.25, 0.3) is 10.9 Å². The summed E-state index contributed by atoms with van der Waals surface area (Å²) in [6, 6.07) is 19.6. The molecule has 6 amide bonds. The Balaban J connectivity index is 0.653. The normalized spacial score (nSPS) is 21.8. The molecule has 3 unspecified atom stereocenters. The Morgan fingerprint density at radius 2 is 1.52 bits per heavy atom. The first kappa shape index (κ1) is 45.9. The number of hydrogen-bond donors (Lipinski definition) is 4. The highest BCUT2D eigenvalue weighted by Crippen LogP contribution is 2.48. The molecule has 5 saturated heterocycles. The van der Waals surface area contributed by atoms with Crippen LogP contribution in [0.5, 0.6) is 17.2 Å². The molecule has 0 radical (unpaired) electrons. The highest BCUT2D eigenvalue weighted by Gasteiger charge is 2.56. The van der Waals surface area contributed by atoms with Crippen molar-refractivity contribution in [2.24, 2.45) is 11.3 Å². The molecule has 5 aromatic rings. The molecule has 2 aromatic heterocycles. The van der Waals surface area contributed by atoms with Crippen molar-refractivity contribution in [1.29, 1.82) is 0 Å². The van der Waals surface area contributed by atoms with Gasteiger partial charge in [0.1, 0.15) is 40.3 Å². The molecule has 3 atom stereocenters. The lowest BCUT2D eigenvalue weighted by Gasteiger charge is -2.56. The number of hydrogen-bond acceptors (Lipinski definition) is 13. The Kier molecular flexibility index (Phi) is 12.1. The zero-order valence-corrected chi connectivity index (χ0v) is 39.1. The third-order valence-corrected chi connectivity index (χ3v) is 15.0. The fourth-order valence-corrected chi connectivity index (χ4v) is 10.9. The van der Waals surface area contributed by atoms with Crippen LogP contribution in [-0.2, 0) is 30.5 Å². The number of anilines is 4. The number of ether oxygens (including phenoxy) is 2. The van der Waals surface area contributed by atoms with Crippen molar-refractivity contribution in [2.45, 2.75) is 69.6 Å². The maximum atomic E-state index is 13.4. The number of methoxy groups -OCH3 is 1. The molecule has 366 valence electrons. The quantitative estimate of drug-likeness (QED) is 0.0825. The smallest absolute Gasteiger partial charge is 0.255 e. The maximum Gasteiger partial charge on any atom is 0.255 e. The van der Waals surface area contributed by atoms with Gasteiger partial charge in [0.2, 0.25) is 29.5 Å². The molecular formula is C52H53FN10O8. The first-order valence-corrected chi connectivity index (χ1v) is 24.2. The van der Waals surface area contributed by atoms with Gasteiger partial charge in [0.15, 0.2) is 0 Å². The van der Waals surface area contributed by atoms with Crippen LogP contribution in [-0.4, -0.2) is 125 Å². The van der Waals surface area contributed by atoms with Gasteiger partial charge in [-0.1, -0.05) is 0 Å². The number of halogens is 1.